The number of sulfone groups is 1. The van der Waals surface area contributed by atoms with Crippen LogP contribution in [0.5, 0.6) is 5.75 Å². The largest absolute Gasteiger partial charge is 0.488 e. The number of nitrogens with zero attached hydrogens (tertiary/aromatic N) is 1. The van der Waals surface area contributed by atoms with Gasteiger partial charge in [0.05, 0.1) is 22.8 Å². The van der Waals surface area contributed by atoms with E-state index in [9.17, 15) is 17.6 Å². The summed E-state index contributed by atoms with van der Waals surface area (Å²) in [6, 6.07) is 13.2. The molecule has 0 heterocycles. The van der Waals surface area contributed by atoms with Crippen LogP contribution in [0.4, 0.5) is 4.39 Å². The Morgan fingerprint density at radius 2 is 1.81 bits per heavy atom. The van der Waals surface area contributed by atoms with Crippen LogP contribution >= 0.6 is 0 Å². The topological polar surface area (TPSA) is 96.3 Å². The van der Waals surface area contributed by atoms with Crippen molar-refractivity contribution in [2.24, 2.45) is 5.41 Å². The molecule has 1 unspecified atom stereocenters. The molecular weight excluding hydrogens is 419 g/mol. The van der Waals surface area contributed by atoms with Crippen molar-refractivity contribution in [1.29, 1.82) is 5.26 Å². The molecule has 1 atom stereocenters. The molecule has 0 aliphatic rings. The van der Waals surface area contributed by atoms with Crippen molar-refractivity contribution >= 4 is 15.7 Å². The van der Waals surface area contributed by atoms with Gasteiger partial charge < -0.3 is 10.1 Å². The number of halogens is 1. The number of benzene rings is 2. The van der Waals surface area contributed by atoms with Crippen LogP contribution in [0.2, 0.25) is 0 Å². The van der Waals surface area contributed by atoms with E-state index in [0.717, 1.165) is 0 Å². The molecule has 8 heteroatoms. The van der Waals surface area contributed by atoms with Gasteiger partial charge in [-0.1, -0.05) is 32.9 Å². The van der Waals surface area contributed by atoms with Gasteiger partial charge in [0.2, 0.25) is 0 Å². The molecule has 2 aromatic rings. The Labute approximate surface area is 183 Å². The van der Waals surface area contributed by atoms with E-state index < -0.39 is 21.7 Å². The van der Waals surface area contributed by atoms with Crippen molar-refractivity contribution in [1.82, 2.24) is 5.32 Å². The van der Waals surface area contributed by atoms with Crippen LogP contribution in [-0.2, 0) is 9.84 Å². The molecule has 0 saturated carbocycles. The average molecular weight is 447 g/mol. The summed E-state index contributed by atoms with van der Waals surface area (Å²) in [6.45, 7) is 5.86. The first-order valence-corrected chi connectivity index (χ1v) is 11.6. The molecule has 31 heavy (non-hydrogen) atoms. The third-order valence-corrected chi connectivity index (χ3v) is 6.59. The summed E-state index contributed by atoms with van der Waals surface area (Å²) < 4.78 is 44.0. The number of hydrogen-bond acceptors (Lipinski definition) is 5. The van der Waals surface area contributed by atoms with E-state index in [1.807, 2.05) is 26.8 Å². The number of nitriles is 1. The lowest BCUT2D eigenvalue weighted by Crippen LogP contribution is -2.47. The molecular formula is C23H27FN2O4S. The average Bonchev–Trinajstić information content (AvgIpc) is 2.71. The van der Waals surface area contributed by atoms with E-state index in [4.69, 9.17) is 10.00 Å². The minimum Gasteiger partial charge on any atom is -0.488 e. The van der Waals surface area contributed by atoms with Crippen LogP contribution in [-0.4, -0.2) is 32.7 Å². The summed E-state index contributed by atoms with van der Waals surface area (Å²) in [5.74, 6) is -0.874. The summed E-state index contributed by atoms with van der Waals surface area (Å²) >= 11 is 0. The SMILES string of the molecule is CC(C)(C)C(COc1ccccc1F)NC(=O)c1ccc(S(=O)(=O)CCCC#N)cc1. The Kier molecular flexibility index (Phi) is 8.17. The minimum absolute atomic E-state index is 0.0710. The van der Waals surface area contributed by atoms with Gasteiger partial charge in [-0.05, 0) is 48.2 Å². The highest BCUT2D eigenvalue weighted by molar-refractivity contribution is 7.91. The van der Waals surface area contributed by atoms with Gasteiger partial charge in [0, 0.05) is 12.0 Å². The van der Waals surface area contributed by atoms with E-state index in [1.54, 1.807) is 12.1 Å². The van der Waals surface area contributed by atoms with Crippen LogP contribution in [0.1, 0.15) is 44.0 Å². The highest BCUT2D eigenvalue weighted by Crippen LogP contribution is 2.23. The van der Waals surface area contributed by atoms with Crippen LogP contribution < -0.4 is 10.1 Å². The van der Waals surface area contributed by atoms with Gasteiger partial charge >= 0.3 is 0 Å². The molecule has 0 spiro atoms. The quantitative estimate of drug-likeness (QED) is 0.585. The Balaban J connectivity index is 2.08. The van der Waals surface area contributed by atoms with Crippen molar-refractivity contribution in [3.63, 3.8) is 0 Å². The molecule has 0 fully saturated rings. The van der Waals surface area contributed by atoms with E-state index in [0.29, 0.717) is 5.56 Å². The van der Waals surface area contributed by atoms with E-state index in [1.165, 1.54) is 36.4 Å². The number of hydrogen-bond donors (Lipinski definition) is 1. The van der Waals surface area contributed by atoms with Crippen LogP contribution in [0.3, 0.4) is 0 Å². The Bertz CT molecular complexity index is 1040. The minimum atomic E-state index is -3.50. The number of rotatable bonds is 9. The predicted octanol–water partition coefficient (Wildman–Crippen LogP) is 4.13. The summed E-state index contributed by atoms with van der Waals surface area (Å²) in [7, 11) is -3.50. The van der Waals surface area contributed by atoms with Crippen LogP contribution in [0, 0.1) is 22.6 Å². The lowest BCUT2D eigenvalue weighted by molar-refractivity contribution is 0.0860. The van der Waals surface area contributed by atoms with E-state index in [-0.39, 0.29) is 47.2 Å². The monoisotopic (exact) mass is 446 g/mol. The zero-order valence-corrected chi connectivity index (χ0v) is 18.7. The maximum atomic E-state index is 13.8. The van der Waals surface area contributed by atoms with Crippen LogP contribution in [0.15, 0.2) is 53.4 Å². The number of ether oxygens (including phenoxy) is 1. The second kappa shape index (κ2) is 10.4. The fraction of sp³-hybridized carbons (Fsp3) is 0.391. The Morgan fingerprint density at radius 3 is 2.39 bits per heavy atom. The zero-order chi connectivity index (χ0) is 23.1. The number of unbranched alkanes of at least 4 members (excludes halogenated alkanes) is 1. The molecule has 166 valence electrons. The molecule has 0 aliphatic carbocycles. The number of carbonyl (C=O) groups is 1. The summed E-state index contributed by atoms with van der Waals surface area (Å²) in [6.07, 6.45) is 0.430. The van der Waals surface area contributed by atoms with Gasteiger partial charge in [0.15, 0.2) is 21.4 Å². The molecule has 6 nitrogen and oxygen atoms in total. The number of para-hydroxylation sites is 1. The van der Waals surface area contributed by atoms with Crippen molar-refractivity contribution < 1.29 is 22.3 Å². The van der Waals surface area contributed by atoms with Gasteiger partial charge in [-0.25, -0.2) is 12.8 Å². The van der Waals surface area contributed by atoms with Crippen LogP contribution in [0.25, 0.3) is 0 Å². The molecule has 0 aromatic heterocycles. The highest BCUT2D eigenvalue weighted by Gasteiger charge is 2.28. The van der Waals surface area contributed by atoms with Gasteiger partial charge in [-0.2, -0.15) is 5.26 Å². The standard InChI is InChI=1S/C23H27FN2O4S/c1-23(2,3)21(16-30-20-9-5-4-8-19(20)24)26-22(27)17-10-12-18(13-11-17)31(28,29)15-7-6-14-25/h4-5,8-13,21H,6-7,15-16H2,1-3H3,(H,26,27). The summed E-state index contributed by atoms with van der Waals surface area (Å²) in [5.41, 5.74) is -0.0681. The molecule has 1 N–H and O–H groups in total. The van der Waals surface area contributed by atoms with Gasteiger partial charge in [-0.15, -0.1) is 0 Å². The fourth-order valence-electron chi connectivity index (χ4n) is 2.76. The van der Waals surface area contributed by atoms with Crippen molar-refractivity contribution in [2.45, 2.75) is 44.6 Å². The maximum absolute atomic E-state index is 13.8. The summed E-state index contributed by atoms with van der Waals surface area (Å²) in [5, 5.41) is 11.5. The first-order chi connectivity index (χ1) is 14.5. The first kappa shape index (κ1) is 24.4. The fourth-order valence-corrected chi connectivity index (χ4v) is 4.07. The molecule has 0 saturated heterocycles. The highest BCUT2D eigenvalue weighted by atomic mass is 32.2. The molecule has 2 rings (SSSR count). The lowest BCUT2D eigenvalue weighted by atomic mass is 9.87. The summed E-state index contributed by atoms with van der Waals surface area (Å²) in [4.78, 5) is 12.8. The number of amides is 1. The first-order valence-electron chi connectivity index (χ1n) is 9.92. The molecule has 1 amide bonds. The van der Waals surface area contributed by atoms with Gasteiger partial charge in [-0.3, -0.25) is 4.79 Å². The number of carbonyl (C=O) groups excluding carboxylic acids is 1. The van der Waals surface area contributed by atoms with E-state index in [2.05, 4.69) is 5.32 Å². The van der Waals surface area contributed by atoms with Crippen molar-refractivity contribution in [2.75, 3.05) is 12.4 Å². The second-order valence-corrected chi connectivity index (χ2v) is 10.3. The normalized spacial score (nSPS) is 12.6. The molecule has 2 aromatic carbocycles. The molecule has 0 radical (unpaired) electrons. The van der Waals surface area contributed by atoms with Gasteiger partial charge in [0.25, 0.3) is 5.91 Å². The Morgan fingerprint density at radius 1 is 1.16 bits per heavy atom. The lowest BCUT2D eigenvalue weighted by Gasteiger charge is -2.31. The third kappa shape index (κ3) is 7.07. The number of nitrogens with one attached hydrogen (secondary N) is 1. The smallest absolute Gasteiger partial charge is 0.251 e. The van der Waals surface area contributed by atoms with Gasteiger partial charge in [0.1, 0.15) is 6.61 Å². The Hall–Kier alpha value is -2.92. The predicted molar refractivity (Wildman–Crippen MR) is 116 cm³/mol. The maximum Gasteiger partial charge on any atom is 0.251 e. The third-order valence-electron chi connectivity index (χ3n) is 4.77. The van der Waals surface area contributed by atoms with Crippen molar-refractivity contribution in [3.8, 4) is 11.8 Å². The van der Waals surface area contributed by atoms with Crippen molar-refractivity contribution in [3.05, 3.63) is 59.9 Å². The zero-order valence-electron chi connectivity index (χ0n) is 17.9. The van der Waals surface area contributed by atoms with E-state index >= 15 is 0 Å². The second-order valence-electron chi connectivity index (χ2n) is 8.24. The molecule has 0 aliphatic heterocycles. The molecule has 0 bridgehead atoms.